The second kappa shape index (κ2) is 8.47. The van der Waals surface area contributed by atoms with Gasteiger partial charge in [-0.1, -0.05) is 25.1 Å². The summed E-state index contributed by atoms with van der Waals surface area (Å²) in [6.07, 6.45) is 2.53. The van der Waals surface area contributed by atoms with Gasteiger partial charge in [-0.25, -0.2) is 17.6 Å². The Morgan fingerprint density at radius 1 is 1.12 bits per heavy atom. The van der Waals surface area contributed by atoms with Gasteiger partial charge in [0.2, 0.25) is 0 Å². The van der Waals surface area contributed by atoms with Crippen LogP contribution in [0.15, 0.2) is 53.4 Å². The lowest BCUT2D eigenvalue weighted by Gasteiger charge is -2.33. The highest BCUT2D eigenvalue weighted by atomic mass is 32.2. The molecule has 1 saturated carbocycles. The van der Waals surface area contributed by atoms with Gasteiger partial charge in [-0.3, -0.25) is 19.7 Å². The van der Waals surface area contributed by atoms with Crippen molar-refractivity contribution >= 4 is 33.6 Å². The molecule has 1 spiro atoms. The van der Waals surface area contributed by atoms with Gasteiger partial charge in [0, 0.05) is 5.56 Å². The van der Waals surface area contributed by atoms with Crippen LogP contribution in [-0.4, -0.2) is 36.8 Å². The van der Waals surface area contributed by atoms with Gasteiger partial charge < -0.3 is 5.32 Å². The van der Waals surface area contributed by atoms with Crippen LogP contribution in [-0.2, 0) is 14.8 Å². The average Bonchev–Trinajstić information content (AvgIpc) is 3.01. The van der Waals surface area contributed by atoms with Gasteiger partial charge >= 0.3 is 6.03 Å². The molecule has 0 bridgehead atoms. The molecule has 2 fully saturated rings. The van der Waals surface area contributed by atoms with Crippen LogP contribution in [0.2, 0.25) is 0 Å². The topological polar surface area (TPSA) is 125 Å². The normalized spacial score (nSPS) is 22.8. The molecule has 2 aromatic rings. The number of anilines is 1. The molecule has 33 heavy (non-hydrogen) atoms. The lowest BCUT2D eigenvalue weighted by molar-refractivity contribution is -0.134. The molecule has 9 nitrogen and oxygen atoms in total. The first-order chi connectivity index (χ1) is 15.6. The summed E-state index contributed by atoms with van der Waals surface area (Å²) in [7, 11) is -4.20. The van der Waals surface area contributed by atoms with E-state index in [1.54, 1.807) is 0 Å². The van der Waals surface area contributed by atoms with E-state index in [1.807, 2.05) is 0 Å². The van der Waals surface area contributed by atoms with Gasteiger partial charge in [0.15, 0.2) is 0 Å². The minimum atomic E-state index is -4.20. The summed E-state index contributed by atoms with van der Waals surface area (Å²) in [6.45, 7) is 2.08. The summed E-state index contributed by atoms with van der Waals surface area (Å²) >= 11 is 0. The molecule has 1 aliphatic heterocycles. The average molecular weight is 475 g/mol. The van der Waals surface area contributed by atoms with Gasteiger partial charge in [0.1, 0.15) is 11.4 Å². The van der Waals surface area contributed by atoms with E-state index in [2.05, 4.69) is 22.4 Å². The predicted molar refractivity (Wildman–Crippen MR) is 117 cm³/mol. The molecule has 174 valence electrons. The van der Waals surface area contributed by atoms with Gasteiger partial charge in [0.25, 0.3) is 21.8 Å². The fourth-order valence-corrected chi connectivity index (χ4v) is 5.15. The molecule has 0 aromatic heterocycles. The number of benzene rings is 2. The van der Waals surface area contributed by atoms with Gasteiger partial charge in [-0.2, -0.15) is 5.01 Å². The number of halogens is 1. The minimum Gasteiger partial charge on any atom is -0.322 e. The number of carbonyl (C=O) groups excluding carboxylic acids is 3. The lowest BCUT2D eigenvalue weighted by Crippen LogP contribution is -2.51. The molecular weight excluding hydrogens is 451 g/mol. The smallest absolute Gasteiger partial charge is 0.322 e. The quantitative estimate of drug-likeness (QED) is 0.575. The lowest BCUT2D eigenvalue weighted by atomic mass is 9.77. The van der Waals surface area contributed by atoms with Crippen LogP contribution in [0.25, 0.3) is 0 Å². The van der Waals surface area contributed by atoms with Gasteiger partial charge in [-0.05, 0) is 61.9 Å². The van der Waals surface area contributed by atoms with Crippen molar-refractivity contribution in [3.8, 4) is 0 Å². The molecule has 0 radical (unpaired) electrons. The molecule has 1 heterocycles. The Kier molecular flexibility index (Phi) is 5.83. The number of para-hydroxylation sites is 1. The highest BCUT2D eigenvalue weighted by Crippen LogP contribution is 2.35. The number of rotatable bonds is 5. The van der Waals surface area contributed by atoms with E-state index in [1.165, 1.54) is 36.4 Å². The second-order valence-electron chi connectivity index (χ2n) is 8.39. The third kappa shape index (κ3) is 4.40. The van der Waals surface area contributed by atoms with Crippen molar-refractivity contribution in [2.75, 3.05) is 4.72 Å². The van der Waals surface area contributed by atoms with Crippen molar-refractivity contribution in [3.63, 3.8) is 0 Å². The molecule has 4 rings (SSSR count). The van der Waals surface area contributed by atoms with Crippen LogP contribution >= 0.6 is 0 Å². The third-order valence-electron chi connectivity index (χ3n) is 6.03. The predicted octanol–water partition coefficient (Wildman–Crippen LogP) is 2.77. The molecule has 1 aliphatic carbocycles. The molecule has 0 unspecified atom stereocenters. The van der Waals surface area contributed by atoms with Crippen molar-refractivity contribution in [1.82, 2.24) is 15.8 Å². The van der Waals surface area contributed by atoms with E-state index in [0.717, 1.165) is 25.0 Å². The summed E-state index contributed by atoms with van der Waals surface area (Å²) < 4.78 is 41.3. The zero-order valence-electron chi connectivity index (χ0n) is 17.8. The molecule has 4 amide bonds. The summed E-state index contributed by atoms with van der Waals surface area (Å²) in [5.74, 6) is -1.66. The highest BCUT2D eigenvalue weighted by molar-refractivity contribution is 7.92. The van der Waals surface area contributed by atoms with Crippen molar-refractivity contribution in [2.24, 2.45) is 5.92 Å². The largest absolute Gasteiger partial charge is 0.344 e. The van der Waals surface area contributed by atoms with Crippen LogP contribution in [0.3, 0.4) is 0 Å². The van der Waals surface area contributed by atoms with Crippen LogP contribution in [0, 0.1) is 11.7 Å². The molecule has 0 atom stereocenters. The summed E-state index contributed by atoms with van der Waals surface area (Å²) in [6, 6.07) is 9.54. The van der Waals surface area contributed by atoms with E-state index in [9.17, 15) is 27.2 Å². The number of carbonyl (C=O) groups is 3. The van der Waals surface area contributed by atoms with E-state index >= 15 is 0 Å². The first kappa shape index (κ1) is 22.7. The van der Waals surface area contributed by atoms with Gasteiger partial charge in [0.05, 0.1) is 10.6 Å². The number of hydrazine groups is 1. The van der Waals surface area contributed by atoms with Crippen molar-refractivity contribution < 1.29 is 27.2 Å². The number of nitrogens with zero attached hydrogens (tertiary/aromatic N) is 1. The number of hydrogen-bond acceptors (Lipinski definition) is 5. The maximum Gasteiger partial charge on any atom is 0.344 e. The Balaban J connectivity index is 1.51. The van der Waals surface area contributed by atoms with Crippen molar-refractivity contribution in [1.29, 1.82) is 0 Å². The van der Waals surface area contributed by atoms with Crippen molar-refractivity contribution in [2.45, 2.75) is 43.0 Å². The number of amides is 4. The summed E-state index contributed by atoms with van der Waals surface area (Å²) in [4.78, 5) is 37.8. The number of urea groups is 1. The third-order valence-corrected chi connectivity index (χ3v) is 7.39. The monoisotopic (exact) mass is 474 g/mol. The SMILES string of the molecule is CC1CCC2(CC1)NC(=O)N(NC(=O)c1cccc(S(=O)(=O)Nc3ccccc3F)c1)C2=O. The van der Waals surface area contributed by atoms with Gasteiger partial charge in [-0.15, -0.1) is 0 Å². The van der Waals surface area contributed by atoms with E-state index in [0.29, 0.717) is 23.8 Å². The fraction of sp³-hybridized carbons (Fsp3) is 0.318. The fourth-order valence-electron chi connectivity index (χ4n) is 4.03. The molecule has 3 N–H and O–H groups in total. The van der Waals surface area contributed by atoms with Crippen LogP contribution < -0.4 is 15.5 Å². The van der Waals surface area contributed by atoms with Crippen LogP contribution in [0.1, 0.15) is 43.0 Å². The highest BCUT2D eigenvalue weighted by Gasteiger charge is 2.52. The number of imide groups is 1. The molecule has 2 aliphatic rings. The summed E-state index contributed by atoms with van der Waals surface area (Å²) in [5.41, 5.74) is 0.921. The van der Waals surface area contributed by atoms with E-state index < -0.39 is 39.2 Å². The zero-order chi connectivity index (χ0) is 23.8. The number of hydrogen-bond donors (Lipinski definition) is 3. The Bertz CT molecular complexity index is 1220. The van der Waals surface area contributed by atoms with E-state index in [4.69, 9.17) is 0 Å². The first-order valence-electron chi connectivity index (χ1n) is 10.5. The Morgan fingerprint density at radius 2 is 1.82 bits per heavy atom. The standard InChI is InChI=1S/C22H23FN4O5S/c1-14-9-11-22(12-10-14)20(29)27(21(30)24-22)25-19(28)15-5-4-6-16(13-15)33(31,32)26-18-8-3-2-7-17(18)23/h2-8,13-14,26H,9-12H2,1H3,(H,24,30)(H,25,28). The molecule has 1 saturated heterocycles. The molecular formula is C22H23FN4O5S. The maximum absolute atomic E-state index is 13.8. The Hall–Kier alpha value is -3.47. The number of nitrogens with one attached hydrogen (secondary N) is 3. The first-order valence-corrected chi connectivity index (χ1v) is 11.9. The second-order valence-corrected chi connectivity index (χ2v) is 10.1. The van der Waals surface area contributed by atoms with Crippen molar-refractivity contribution in [3.05, 3.63) is 59.9 Å². The maximum atomic E-state index is 13.8. The zero-order valence-corrected chi connectivity index (χ0v) is 18.6. The number of sulfonamides is 1. The molecule has 2 aromatic carbocycles. The van der Waals surface area contributed by atoms with Crippen LogP contribution in [0.4, 0.5) is 14.9 Å². The van der Waals surface area contributed by atoms with Crippen LogP contribution in [0.5, 0.6) is 0 Å². The minimum absolute atomic E-state index is 0.0924. The Morgan fingerprint density at radius 3 is 2.52 bits per heavy atom. The molecule has 11 heteroatoms. The summed E-state index contributed by atoms with van der Waals surface area (Å²) in [5, 5.41) is 3.35. The van der Waals surface area contributed by atoms with E-state index in [-0.39, 0.29) is 16.1 Å². The Labute approximate surface area is 190 Å².